The van der Waals surface area contributed by atoms with Crippen LogP contribution in [0.5, 0.6) is 5.75 Å². The first-order chi connectivity index (χ1) is 14.9. The molecule has 3 rings (SSSR count). The zero-order valence-electron chi connectivity index (χ0n) is 17.5. The molecule has 0 fully saturated rings. The van der Waals surface area contributed by atoms with Gasteiger partial charge in [-0.15, -0.1) is 0 Å². The van der Waals surface area contributed by atoms with Gasteiger partial charge in [0.15, 0.2) is 12.4 Å². The van der Waals surface area contributed by atoms with Gasteiger partial charge < -0.3 is 20.9 Å². The molecule has 1 amide bonds. The summed E-state index contributed by atoms with van der Waals surface area (Å²) in [4.78, 5) is 26.9. The van der Waals surface area contributed by atoms with Crippen LogP contribution in [0.4, 0.5) is 17.3 Å². The smallest absolute Gasteiger partial charge is 0.341 e. The van der Waals surface area contributed by atoms with E-state index >= 15 is 0 Å². The van der Waals surface area contributed by atoms with Crippen LogP contribution in [0.15, 0.2) is 53.5 Å². The van der Waals surface area contributed by atoms with E-state index in [0.29, 0.717) is 17.1 Å². The molecule has 9 heteroatoms. The second-order valence-electron chi connectivity index (χ2n) is 6.13. The Kier molecular flexibility index (Phi) is 8.32. The molecule has 0 saturated carbocycles. The van der Waals surface area contributed by atoms with Crippen LogP contribution in [-0.4, -0.2) is 40.0 Å². The Bertz CT molecular complexity index is 1080. The highest BCUT2D eigenvalue weighted by Gasteiger charge is 2.18. The van der Waals surface area contributed by atoms with Crippen molar-refractivity contribution >= 4 is 35.4 Å². The summed E-state index contributed by atoms with van der Waals surface area (Å²) >= 11 is 0. The largest absolute Gasteiger partial charge is 0.481 e. The number of rotatable bonds is 8. The van der Waals surface area contributed by atoms with Gasteiger partial charge in [-0.05, 0) is 36.8 Å². The van der Waals surface area contributed by atoms with Crippen molar-refractivity contribution in [1.29, 1.82) is 0 Å². The molecule has 0 aliphatic heterocycles. The summed E-state index contributed by atoms with van der Waals surface area (Å²) in [7, 11) is 0. The minimum Gasteiger partial charge on any atom is -0.481 e. The van der Waals surface area contributed by atoms with Crippen molar-refractivity contribution in [3.63, 3.8) is 0 Å². The van der Waals surface area contributed by atoms with Crippen molar-refractivity contribution in [3.05, 3.63) is 65.2 Å². The lowest BCUT2D eigenvalue weighted by Crippen LogP contribution is -2.12. The zero-order valence-corrected chi connectivity index (χ0v) is 17.5. The summed E-state index contributed by atoms with van der Waals surface area (Å²) in [6, 6.07) is 14.4. The third-order valence-electron chi connectivity index (χ3n) is 3.88. The molecule has 1 heterocycles. The number of H-pyrrole nitrogens is 1. The first-order valence-corrected chi connectivity index (χ1v) is 9.63. The van der Waals surface area contributed by atoms with Gasteiger partial charge >= 0.3 is 5.97 Å². The van der Waals surface area contributed by atoms with Gasteiger partial charge in [0.25, 0.3) is 5.91 Å². The molecule has 31 heavy (non-hydrogen) atoms. The molecule has 0 bridgehead atoms. The number of carboxylic acids is 1. The number of para-hydroxylation sites is 1. The van der Waals surface area contributed by atoms with Gasteiger partial charge in [-0.25, -0.2) is 9.79 Å². The third-order valence-corrected chi connectivity index (χ3v) is 3.88. The van der Waals surface area contributed by atoms with Crippen molar-refractivity contribution in [2.24, 2.45) is 10.7 Å². The number of ether oxygens (including phenoxy) is 1. The number of nitrogens with two attached hydrogens (primary N) is 1. The van der Waals surface area contributed by atoms with Crippen molar-refractivity contribution < 1.29 is 19.4 Å². The first kappa shape index (κ1) is 23.1. The van der Waals surface area contributed by atoms with E-state index in [0.717, 1.165) is 11.3 Å². The number of carbonyl (C=O) groups excluding carboxylic acids is 1. The van der Waals surface area contributed by atoms with Gasteiger partial charge in [0.05, 0.1) is 0 Å². The van der Waals surface area contributed by atoms with Gasteiger partial charge in [-0.1, -0.05) is 38.1 Å². The minimum absolute atomic E-state index is 0.0979. The monoisotopic (exact) mass is 423 g/mol. The highest BCUT2D eigenvalue weighted by Crippen LogP contribution is 2.27. The van der Waals surface area contributed by atoms with Crippen LogP contribution in [0.3, 0.4) is 0 Å². The summed E-state index contributed by atoms with van der Waals surface area (Å²) in [5.41, 5.74) is 7.96. The number of nitrogens with zero attached hydrogens (tertiary/aromatic N) is 2. The van der Waals surface area contributed by atoms with E-state index in [1.54, 1.807) is 24.3 Å². The molecule has 0 aliphatic rings. The maximum atomic E-state index is 12.0. The summed E-state index contributed by atoms with van der Waals surface area (Å²) in [5, 5.41) is 18.6. The fourth-order valence-electron chi connectivity index (χ4n) is 2.61. The average Bonchev–Trinajstić information content (AvgIpc) is 3.15. The maximum Gasteiger partial charge on any atom is 0.341 e. The van der Waals surface area contributed by atoms with Crippen LogP contribution in [0, 0.1) is 6.92 Å². The summed E-state index contributed by atoms with van der Waals surface area (Å²) < 4.78 is 5.24. The minimum atomic E-state index is -1.09. The number of aryl methyl sites for hydroxylation is 1. The van der Waals surface area contributed by atoms with E-state index in [-0.39, 0.29) is 11.4 Å². The molecular formula is C22H25N5O4. The van der Waals surface area contributed by atoms with E-state index in [1.165, 1.54) is 6.21 Å². The fourth-order valence-corrected chi connectivity index (χ4v) is 2.61. The van der Waals surface area contributed by atoms with Crippen molar-refractivity contribution in [1.82, 2.24) is 10.2 Å². The summed E-state index contributed by atoms with van der Waals surface area (Å²) in [6.45, 7) is 5.47. The third kappa shape index (κ3) is 6.43. The van der Waals surface area contributed by atoms with E-state index in [4.69, 9.17) is 15.6 Å². The zero-order chi connectivity index (χ0) is 22.8. The number of amides is 1. The molecule has 162 valence electrons. The molecular weight excluding hydrogens is 398 g/mol. The molecule has 1 aromatic heterocycles. The number of aliphatic carboxylic acids is 1. The Hall–Kier alpha value is -4.14. The second-order valence-corrected chi connectivity index (χ2v) is 6.13. The van der Waals surface area contributed by atoms with Crippen molar-refractivity contribution in [2.45, 2.75) is 20.8 Å². The molecule has 0 saturated heterocycles. The standard InChI is InChI=1S/C20H19N5O4.C2H6/c1-12-5-4-7-14(9-12)23-20-17(18(21)28)19(24-25-20)22-10-13-6-2-3-8-15(13)29-11-16(26)27;1-2/h2-10H,11H2,1H3,(H2,21,28)(H,26,27)(H2,23,24,25);1-2H3. The summed E-state index contributed by atoms with van der Waals surface area (Å²) in [5.74, 6) is -1.03. The van der Waals surface area contributed by atoms with Gasteiger partial charge in [-0.2, -0.15) is 5.10 Å². The first-order valence-electron chi connectivity index (χ1n) is 9.63. The fraction of sp³-hybridized carbons (Fsp3) is 0.182. The number of hydrogen-bond acceptors (Lipinski definition) is 6. The normalized spacial score (nSPS) is 10.3. The van der Waals surface area contributed by atoms with Gasteiger partial charge in [0.2, 0.25) is 0 Å². The molecule has 0 unspecified atom stereocenters. The maximum absolute atomic E-state index is 12.0. The van der Waals surface area contributed by atoms with Crippen LogP contribution in [-0.2, 0) is 4.79 Å². The Morgan fingerprint density at radius 3 is 2.65 bits per heavy atom. The van der Waals surface area contributed by atoms with Crippen molar-refractivity contribution in [2.75, 3.05) is 11.9 Å². The average molecular weight is 423 g/mol. The highest BCUT2D eigenvalue weighted by molar-refractivity contribution is 6.03. The number of hydrogen-bond donors (Lipinski definition) is 4. The van der Waals surface area contributed by atoms with Crippen molar-refractivity contribution in [3.8, 4) is 5.75 Å². The van der Waals surface area contributed by atoms with Gasteiger partial charge in [0, 0.05) is 17.5 Å². The lowest BCUT2D eigenvalue weighted by molar-refractivity contribution is -0.139. The Morgan fingerprint density at radius 2 is 1.97 bits per heavy atom. The quantitative estimate of drug-likeness (QED) is 0.406. The van der Waals surface area contributed by atoms with Crippen LogP contribution >= 0.6 is 0 Å². The van der Waals surface area contributed by atoms with Crippen LogP contribution in [0.1, 0.15) is 35.3 Å². The highest BCUT2D eigenvalue weighted by atomic mass is 16.5. The number of carbonyl (C=O) groups is 2. The number of carboxylic acid groups (broad SMARTS) is 1. The predicted octanol–water partition coefficient (Wildman–Crippen LogP) is 3.80. The molecule has 5 N–H and O–H groups in total. The van der Waals surface area contributed by atoms with Crippen LogP contribution in [0.25, 0.3) is 0 Å². The number of aromatic nitrogens is 2. The van der Waals surface area contributed by atoms with Gasteiger partial charge in [-0.3, -0.25) is 9.89 Å². The number of primary amides is 1. The van der Waals surface area contributed by atoms with E-state index in [2.05, 4.69) is 20.5 Å². The molecule has 0 spiro atoms. The molecule has 9 nitrogen and oxygen atoms in total. The SMILES string of the molecule is CC.Cc1cccc(Nc2[nH]nc(N=Cc3ccccc3OCC(=O)O)c2C(N)=O)c1. The second kappa shape index (κ2) is 11.1. The summed E-state index contributed by atoms with van der Waals surface area (Å²) in [6.07, 6.45) is 1.43. The lowest BCUT2D eigenvalue weighted by Gasteiger charge is -2.06. The molecule has 3 aromatic rings. The lowest BCUT2D eigenvalue weighted by atomic mass is 10.2. The van der Waals surface area contributed by atoms with Crippen LogP contribution < -0.4 is 15.8 Å². The molecule has 0 aliphatic carbocycles. The molecule has 2 aromatic carbocycles. The Labute approximate surface area is 180 Å². The number of nitrogens with one attached hydrogen (secondary N) is 2. The molecule has 0 radical (unpaired) electrons. The number of benzene rings is 2. The van der Waals surface area contributed by atoms with Gasteiger partial charge in [0.1, 0.15) is 17.1 Å². The topological polar surface area (TPSA) is 143 Å². The molecule has 0 atom stereocenters. The van der Waals surface area contributed by atoms with E-state index in [1.807, 2.05) is 45.0 Å². The Balaban J connectivity index is 0.00000166. The van der Waals surface area contributed by atoms with Crippen LogP contribution in [0.2, 0.25) is 0 Å². The Morgan fingerprint density at radius 1 is 1.23 bits per heavy atom. The number of aliphatic imine (C=N–C) groups is 1. The number of anilines is 2. The number of aromatic amines is 1. The predicted molar refractivity (Wildman–Crippen MR) is 120 cm³/mol. The van der Waals surface area contributed by atoms with E-state index in [9.17, 15) is 9.59 Å². The van der Waals surface area contributed by atoms with E-state index < -0.39 is 18.5 Å².